The quantitative estimate of drug-likeness (QED) is 0.589. The van der Waals surface area contributed by atoms with E-state index < -0.39 is 23.8 Å². The van der Waals surface area contributed by atoms with Crippen LogP contribution in [0.5, 0.6) is 5.75 Å². The highest BCUT2D eigenvalue weighted by Crippen LogP contribution is 2.40. The van der Waals surface area contributed by atoms with Gasteiger partial charge >= 0.3 is 11.9 Å². The predicted molar refractivity (Wildman–Crippen MR) is 102 cm³/mol. The van der Waals surface area contributed by atoms with Gasteiger partial charge in [-0.1, -0.05) is 37.4 Å². The van der Waals surface area contributed by atoms with Gasteiger partial charge in [0, 0.05) is 17.3 Å². The van der Waals surface area contributed by atoms with E-state index in [1.165, 1.54) is 24.3 Å². The Morgan fingerprint density at radius 3 is 2.30 bits per heavy atom. The first-order chi connectivity index (χ1) is 12.9. The Labute approximate surface area is 158 Å². The summed E-state index contributed by atoms with van der Waals surface area (Å²) >= 11 is 0. The number of hydrogen-bond acceptors (Lipinski definition) is 6. The molecule has 0 spiro atoms. The Morgan fingerprint density at radius 1 is 1.11 bits per heavy atom. The lowest BCUT2D eigenvalue weighted by molar-refractivity contribution is -0.145. The van der Waals surface area contributed by atoms with Crippen LogP contribution >= 0.6 is 0 Å². The van der Waals surface area contributed by atoms with Gasteiger partial charge in [-0.15, -0.1) is 0 Å². The van der Waals surface area contributed by atoms with Crippen molar-refractivity contribution < 1.29 is 24.2 Å². The smallest absolute Gasteiger partial charge is 0.336 e. The van der Waals surface area contributed by atoms with Crippen LogP contribution in [0.1, 0.15) is 25.3 Å². The summed E-state index contributed by atoms with van der Waals surface area (Å²) in [5, 5.41) is 9.60. The van der Waals surface area contributed by atoms with Gasteiger partial charge in [-0.25, -0.2) is 4.79 Å². The van der Waals surface area contributed by atoms with E-state index in [4.69, 9.17) is 9.47 Å². The minimum Gasteiger partial charge on any atom is -0.508 e. The molecule has 0 saturated heterocycles. The number of esters is 2. The molecule has 0 saturated carbocycles. The highest BCUT2D eigenvalue weighted by atomic mass is 16.5. The highest BCUT2D eigenvalue weighted by Gasteiger charge is 2.42. The summed E-state index contributed by atoms with van der Waals surface area (Å²) in [7, 11) is 0. The minimum absolute atomic E-state index is 0.0478. The van der Waals surface area contributed by atoms with Gasteiger partial charge in [-0.3, -0.25) is 9.79 Å². The third-order valence-corrected chi connectivity index (χ3v) is 4.23. The maximum atomic E-state index is 12.7. The molecule has 1 aliphatic heterocycles. The van der Waals surface area contributed by atoms with Crippen LogP contribution in [0.25, 0.3) is 0 Å². The molecule has 1 aliphatic rings. The minimum atomic E-state index is -0.788. The lowest BCUT2D eigenvalue weighted by Gasteiger charge is -2.31. The second kappa shape index (κ2) is 8.98. The van der Waals surface area contributed by atoms with Gasteiger partial charge in [0.1, 0.15) is 24.9 Å². The molecular weight excluding hydrogens is 346 g/mol. The number of aliphatic imine (C=N–C) groups is 1. The number of ether oxygens (including phenoxy) is 2. The SMILES string of the molecule is C=CCOC(=O)C1=C(C)N=C(C)C(C(=O)OCC=C)C1c1ccc(O)cc1. The number of nitrogens with zero attached hydrogens (tertiary/aromatic N) is 1. The first-order valence-corrected chi connectivity index (χ1v) is 8.51. The Hall–Kier alpha value is -3.15. The van der Waals surface area contributed by atoms with Crippen LogP contribution in [0.2, 0.25) is 0 Å². The maximum Gasteiger partial charge on any atom is 0.336 e. The van der Waals surface area contributed by atoms with Crippen molar-refractivity contribution >= 4 is 17.7 Å². The monoisotopic (exact) mass is 369 g/mol. The van der Waals surface area contributed by atoms with E-state index in [0.29, 0.717) is 17.0 Å². The van der Waals surface area contributed by atoms with Crippen molar-refractivity contribution in [2.45, 2.75) is 19.8 Å². The molecule has 6 heteroatoms. The largest absolute Gasteiger partial charge is 0.508 e. The number of rotatable bonds is 7. The van der Waals surface area contributed by atoms with Crippen molar-refractivity contribution in [1.29, 1.82) is 0 Å². The predicted octanol–water partition coefficient (Wildman–Crippen LogP) is 3.30. The molecule has 0 amide bonds. The van der Waals surface area contributed by atoms with E-state index in [1.807, 2.05) is 0 Å². The maximum absolute atomic E-state index is 12.7. The molecule has 2 unspecified atom stereocenters. The second-order valence-corrected chi connectivity index (χ2v) is 6.10. The summed E-state index contributed by atoms with van der Waals surface area (Å²) in [5.74, 6) is -2.41. The van der Waals surface area contributed by atoms with Crippen LogP contribution in [0, 0.1) is 5.92 Å². The van der Waals surface area contributed by atoms with Crippen LogP contribution in [0.4, 0.5) is 0 Å². The number of phenols is 1. The fraction of sp³-hybridized carbons (Fsp3) is 0.286. The van der Waals surface area contributed by atoms with Crippen LogP contribution in [0.3, 0.4) is 0 Å². The molecule has 0 radical (unpaired) electrons. The van der Waals surface area contributed by atoms with Gasteiger partial charge < -0.3 is 14.6 Å². The summed E-state index contributed by atoms with van der Waals surface area (Å²) in [4.78, 5) is 29.8. The molecule has 0 aromatic heterocycles. The fourth-order valence-corrected chi connectivity index (χ4v) is 3.09. The number of allylic oxidation sites excluding steroid dienone is 1. The molecule has 27 heavy (non-hydrogen) atoms. The molecule has 1 heterocycles. The van der Waals surface area contributed by atoms with E-state index in [9.17, 15) is 14.7 Å². The van der Waals surface area contributed by atoms with Gasteiger partial charge in [0.15, 0.2) is 0 Å². The third kappa shape index (κ3) is 4.53. The topological polar surface area (TPSA) is 85.2 Å². The molecule has 6 nitrogen and oxygen atoms in total. The average molecular weight is 369 g/mol. The summed E-state index contributed by atoms with van der Waals surface area (Å²) in [6.45, 7) is 10.6. The third-order valence-electron chi connectivity index (χ3n) is 4.23. The van der Waals surface area contributed by atoms with Crippen molar-refractivity contribution in [2.24, 2.45) is 10.9 Å². The van der Waals surface area contributed by atoms with E-state index >= 15 is 0 Å². The lowest BCUT2D eigenvalue weighted by atomic mass is 9.75. The normalized spacial score (nSPS) is 19.1. The average Bonchev–Trinajstić information content (AvgIpc) is 2.64. The van der Waals surface area contributed by atoms with Crippen molar-refractivity contribution in [3.8, 4) is 5.75 Å². The first kappa shape index (κ1) is 20.2. The number of hydrogen-bond donors (Lipinski definition) is 1. The summed E-state index contributed by atoms with van der Waals surface area (Å²) < 4.78 is 10.5. The molecule has 2 rings (SSSR count). The van der Waals surface area contributed by atoms with Gasteiger partial charge in [-0.2, -0.15) is 0 Å². The molecule has 1 N–H and O–H groups in total. The molecular formula is C21H23NO5. The Balaban J connectivity index is 2.55. The van der Waals surface area contributed by atoms with Crippen molar-refractivity contribution in [3.05, 3.63) is 66.4 Å². The highest BCUT2D eigenvalue weighted by molar-refractivity contribution is 6.07. The lowest BCUT2D eigenvalue weighted by Crippen LogP contribution is -2.36. The molecule has 0 bridgehead atoms. The van der Waals surface area contributed by atoms with Crippen molar-refractivity contribution in [2.75, 3.05) is 13.2 Å². The van der Waals surface area contributed by atoms with Crippen LogP contribution in [-0.4, -0.2) is 36.0 Å². The molecule has 0 aliphatic carbocycles. The number of carbonyl (C=O) groups is 2. The van der Waals surface area contributed by atoms with Crippen molar-refractivity contribution in [1.82, 2.24) is 0 Å². The summed E-state index contributed by atoms with van der Waals surface area (Å²) in [6.07, 6.45) is 2.94. The van der Waals surface area contributed by atoms with Gasteiger partial charge in [-0.05, 0) is 31.5 Å². The number of carbonyl (C=O) groups excluding carboxylic acids is 2. The molecule has 1 aromatic carbocycles. The molecule has 1 aromatic rings. The Bertz CT molecular complexity index is 804. The van der Waals surface area contributed by atoms with Gasteiger partial charge in [0.2, 0.25) is 0 Å². The number of phenolic OH excluding ortho intramolecular Hbond substituents is 1. The van der Waals surface area contributed by atoms with E-state index in [-0.39, 0.29) is 24.5 Å². The zero-order valence-corrected chi connectivity index (χ0v) is 15.5. The molecule has 2 atom stereocenters. The Kier molecular flexibility index (Phi) is 6.71. The zero-order chi connectivity index (χ0) is 20.0. The van der Waals surface area contributed by atoms with Gasteiger partial charge in [0.25, 0.3) is 0 Å². The number of aromatic hydroxyl groups is 1. The molecule has 142 valence electrons. The van der Waals surface area contributed by atoms with E-state index in [2.05, 4.69) is 18.2 Å². The standard InChI is InChI=1S/C21H23NO5/c1-5-11-26-20(24)17-13(3)22-14(4)18(21(25)27-12-6-2)19(17)15-7-9-16(23)10-8-15/h5-10,17,19,23H,1-2,11-12H2,3-4H3. The molecule has 0 fully saturated rings. The summed E-state index contributed by atoms with van der Waals surface area (Å²) in [5.41, 5.74) is 1.98. The number of benzene rings is 1. The van der Waals surface area contributed by atoms with Crippen LogP contribution < -0.4 is 0 Å². The van der Waals surface area contributed by atoms with Crippen LogP contribution in [-0.2, 0) is 19.1 Å². The van der Waals surface area contributed by atoms with E-state index in [1.54, 1.807) is 26.0 Å². The van der Waals surface area contributed by atoms with E-state index in [0.717, 1.165) is 0 Å². The fourth-order valence-electron chi connectivity index (χ4n) is 3.09. The van der Waals surface area contributed by atoms with Crippen molar-refractivity contribution in [3.63, 3.8) is 0 Å². The first-order valence-electron chi connectivity index (χ1n) is 8.51. The van der Waals surface area contributed by atoms with Crippen LogP contribution in [0.15, 0.2) is 65.8 Å². The summed E-state index contributed by atoms with van der Waals surface area (Å²) in [6, 6.07) is 6.34. The second-order valence-electron chi connectivity index (χ2n) is 6.10. The zero-order valence-electron chi connectivity index (χ0n) is 15.5. The Morgan fingerprint density at radius 2 is 1.70 bits per heavy atom. The van der Waals surface area contributed by atoms with Gasteiger partial charge in [0.05, 0.1) is 5.57 Å².